The molecular weight excluding hydrogens is 284 g/mol. The first kappa shape index (κ1) is 15.1. The monoisotopic (exact) mass is 296 g/mol. The van der Waals surface area contributed by atoms with Gasteiger partial charge in [0.1, 0.15) is 5.75 Å². The van der Waals surface area contributed by atoms with Gasteiger partial charge in [-0.25, -0.2) is 4.79 Å². The van der Waals surface area contributed by atoms with Crippen LogP contribution in [-0.2, 0) is 4.79 Å². The van der Waals surface area contributed by atoms with Crippen molar-refractivity contribution in [3.05, 3.63) is 53.6 Å². The number of hydrogen-bond donors (Lipinski definition) is 2. The molecule has 3 N–H and O–H groups in total. The van der Waals surface area contributed by atoms with Gasteiger partial charge in [-0.15, -0.1) is 0 Å². The Hall–Kier alpha value is -3.33. The summed E-state index contributed by atoms with van der Waals surface area (Å²) in [4.78, 5) is 21.9. The topological polar surface area (TPSA) is 113 Å². The molecule has 0 spiro atoms. The van der Waals surface area contributed by atoms with Gasteiger partial charge < -0.3 is 15.6 Å². The molecule has 22 heavy (non-hydrogen) atoms. The Morgan fingerprint density at radius 2 is 1.86 bits per heavy atom. The smallest absolute Gasteiger partial charge is 0.335 e. The number of carboxylic acid groups (broad SMARTS) is 1. The third-order valence-electron chi connectivity index (χ3n) is 2.92. The van der Waals surface area contributed by atoms with Crippen LogP contribution in [0.3, 0.4) is 0 Å². The molecule has 110 valence electrons. The lowest BCUT2D eigenvalue weighted by Gasteiger charge is -2.11. The van der Waals surface area contributed by atoms with Crippen LogP contribution in [0, 0.1) is 11.3 Å². The highest BCUT2D eigenvalue weighted by molar-refractivity contribution is 5.90. The Kier molecular flexibility index (Phi) is 4.39. The van der Waals surface area contributed by atoms with E-state index >= 15 is 0 Å². The summed E-state index contributed by atoms with van der Waals surface area (Å²) < 4.78 is 5.30. The summed E-state index contributed by atoms with van der Waals surface area (Å²) >= 11 is 0. The van der Waals surface area contributed by atoms with Gasteiger partial charge >= 0.3 is 5.97 Å². The number of nitriles is 1. The third kappa shape index (κ3) is 3.41. The highest BCUT2D eigenvalue weighted by Gasteiger charge is 2.12. The fourth-order valence-electron chi connectivity index (χ4n) is 1.89. The van der Waals surface area contributed by atoms with Crippen molar-refractivity contribution in [2.45, 2.75) is 0 Å². The van der Waals surface area contributed by atoms with E-state index in [0.29, 0.717) is 11.1 Å². The SMILES string of the molecule is N#Cc1ccc(-c2ccc(C(=O)O)cc2OCC(N)=O)cc1. The minimum atomic E-state index is -1.10. The van der Waals surface area contributed by atoms with Crippen molar-refractivity contribution in [3.63, 3.8) is 0 Å². The van der Waals surface area contributed by atoms with Crippen LogP contribution in [0.1, 0.15) is 15.9 Å². The molecule has 0 radical (unpaired) electrons. The first-order chi connectivity index (χ1) is 10.5. The van der Waals surface area contributed by atoms with Crippen molar-refractivity contribution in [1.82, 2.24) is 0 Å². The van der Waals surface area contributed by atoms with Crippen molar-refractivity contribution in [2.75, 3.05) is 6.61 Å². The number of aromatic carboxylic acids is 1. The molecule has 0 atom stereocenters. The van der Waals surface area contributed by atoms with E-state index in [1.165, 1.54) is 12.1 Å². The second kappa shape index (κ2) is 6.41. The normalized spacial score (nSPS) is 9.77. The van der Waals surface area contributed by atoms with Crippen LogP contribution in [0.4, 0.5) is 0 Å². The number of ether oxygens (including phenoxy) is 1. The van der Waals surface area contributed by atoms with Crippen molar-refractivity contribution in [2.24, 2.45) is 5.73 Å². The minimum Gasteiger partial charge on any atom is -0.483 e. The number of hydrogen-bond acceptors (Lipinski definition) is 4. The first-order valence-corrected chi connectivity index (χ1v) is 6.30. The molecule has 6 nitrogen and oxygen atoms in total. The molecule has 0 fully saturated rings. The molecule has 0 saturated carbocycles. The number of carbonyl (C=O) groups excluding carboxylic acids is 1. The molecule has 0 aliphatic rings. The predicted molar refractivity (Wildman–Crippen MR) is 78.2 cm³/mol. The Morgan fingerprint density at radius 3 is 2.41 bits per heavy atom. The second-order valence-electron chi connectivity index (χ2n) is 4.46. The predicted octanol–water partition coefficient (Wildman–Crippen LogP) is 1.79. The molecule has 0 bridgehead atoms. The number of primary amides is 1. The highest BCUT2D eigenvalue weighted by atomic mass is 16.5. The maximum Gasteiger partial charge on any atom is 0.335 e. The average molecular weight is 296 g/mol. The van der Waals surface area contributed by atoms with E-state index in [1.54, 1.807) is 30.3 Å². The lowest BCUT2D eigenvalue weighted by Crippen LogP contribution is -2.20. The van der Waals surface area contributed by atoms with Crippen molar-refractivity contribution in [1.29, 1.82) is 5.26 Å². The maximum absolute atomic E-state index is 11.0. The van der Waals surface area contributed by atoms with Gasteiger partial charge in [-0.1, -0.05) is 12.1 Å². The Bertz CT molecular complexity index is 761. The number of rotatable bonds is 5. The molecule has 0 aliphatic carbocycles. The summed E-state index contributed by atoms with van der Waals surface area (Å²) in [5.41, 5.74) is 6.93. The van der Waals surface area contributed by atoms with E-state index in [9.17, 15) is 9.59 Å². The minimum absolute atomic E-state index is 0.0388. The number of amides is 1. The quantitative estimate of drug-likeness (QED) is 0.873. The Balaban J connectivity index is 2.45. The molecule has 0 saturated heterocycles. The van der Waals surface area contributed by atoms with E-state index in [-0.39, 0.29) is 17.9 Å². The highest BCUT2D eigenvalue weighted by Crippen LogP contribution is 2.31. The Morgan fingerprint density at radius 1 is 1.18 bits per heavy atom. The first-order valence-electron chi connectivity index (χ1n) is 6.30. The molecule has 0 unspecified atom stereocenters. The molecule has 6 heteroatoms. The van der Waals surface area contributed by atoms with Crippen LogP contribution < -0.4 is 10.5 Å². The lowest BCUT2D eigenvalue weighted by atomic mass is 10.0. The fraction of sp³-hybridized carbons (Fsp3) is 0.0625. The van der Waals surface area contributed by atoms with E-state index < -0.39 is 11.9 Å². The zero-order valence-electron chi connectivity index (χ0n) is 11.4. The van der Waals surface area contributed by atoms with Gasteiger partial charge in [0.05, 0.1) is 17.2 Å². The fourth-order valence-corrected chi connectivity index (χ4v) is 1.89. The van der Waals surface area contributed by atoms with Crippen LogP contribution in [-0.4, -0.2) is 23.6 Å². The number of nitrogens with two attached hydrogens (primary N) is 1. The number of carboxylic acids is 1. The molecule has 2 aromatic rings. The molecule has 0 aliphatic heterocycles. The Labute approximate surface area is 126 Å². The van der Waals surface area contributed by atoms with E-state index in [2.05, 4.69) is 0 Å². The summed E-state index contributed by atoms with van der Waals surface area (Å²) in [7, 11) is 0. The molecule has 2 aromatic carbocycles. The standard InChI is InChI=1S/C16H12N2O4/c17-8-10-1-3-11(4-2-10)13-6-5-12(16(20)21)7-14(13)22-9-15(18)19/h1-7H,9H2,(H2,18,19)(H,20,21). The second-order valence-corrected chi connectivity index (χ2v) is 4.46. The van der Waals surface area contributed by atoms with Crippen LogP contribution in [0.25, 0.3) is 11.1 Å². The lowest BCUT2D eigenvalue weighted by molar-refractivity contribution is -0.119. The van der Waals surface area contributed by atoms with Crippen molar-refractivity contribution in [3.8, 4) is 22.9 Å². The maximum atomic E-state index is 11.0. The van der Waals surface area contributed by atoms with Crippen LogP contribution in [0.15, 0.2) is 42.5 Å². The van der Waals surface area contributed by atoms with Gasteiger partial charge in [-0.3, -0.25) is 4.79 Å². The number of benzene rings is 2. The van der Waals surface area contributed by atoms with Crippen LogP contribution >= 0.6 is 0 Å². The van der Waals surface area contributed by atoms with Gasteiger partial charge in [0.2, 0.25) is 0 Å². The van der Waals surface area contributed by atoms with Gasteiger partial charge in [0.25, 0.3) is 5.91 Å². The van der Waals surface area contributed by atoms with Gasteiger partial charge in [-0.05, 0) is 35.9 Å². The molecule has 1 amide bonds. The summed E-state index contributed by atoms with van der Waals surface area (Å²) in [6.45, 7) is -0.355. The van der Waals surface area contributed by atoms with Gasteiger partial charge in [0.15, 0.2) is 6.61 Å². The molecule has 0 heterocycles. The summed E-state index contributed by atoms with van der Waals surface area (Å²) in [5.74, 6) is -1.52. The number of nitrogens with zero attached hydrogens (tertiary/aromatic N) is 1. The van der Waals surface area contributed by atoms with Gasteiger partial charge in [0, 0.05) is 5.56 Å². The molecule has 2 rings (SSSR count). The summed E-state index contributed by atoms with van der Waals surface area (Å²) in [6.07, 6.45) is 0. The zero-order chi connectivity index (χ0) is 16.1. The zero-order valence-corrected chi connectivity index (χ0v) is 11.4. The average Bonchev–Trinajstić information content (AvgIpc) is 2.52. The van der Waals surface area contributed by atoms with E-state index in [4.69, 9.17) is 20.8 Å². The van der Waals surface area contributed by atoms with Crippen molar-refractivity contribution >= 4 is 11.9 Å². The van der Waals surface area contributed by atoms with Crippen LogP contribution in [0.2, 0.25) is 0 Å². The van der Waals surface area contributed by atoms with E-state index in [0.717, 1.165) is 5.56 Å². The van der Waals surface area contributed by atoms with Gasteiger partial charge in [-0.2, -0.15) is 5.26 Å². The molecule has 0 aromatic heterocycles. The number of carbonyl (C=O) groups is 2. The van der Waals surface area contributed by atoms with Crippen LogP contribution in [0.5, 0.6) is 5.75 Å². The van der Waals surface area contributed by atoms with E-state index in [1.807, 2.05) is 6.07 Å². The largest absolute Gasteiger partial charge is 0.483 e. The summed E-state index contributed by atoms with van der Waals surface area (Å²) in [5, 5.41) is 17.8. The third-order valence-corrected chi connectivity index (χ3v) is 2.92. The van der Waals surface area contributed by atoms with Crippen molar-refractivity contribution < 1.29 is 19.4 Å². The summed E-state index contributed by atoms with van der Waals surface area (Å²) in [6, 6.07) is 13.1. The molecular formula is C16H12N2O4.